The van der Waals surface area contributed by atoms with Crippen LogP contribution in [0.4, 0.5) is 0 Å². The van der Waals surface area contributed by atoms with Gasteiger partial charge in [0.05, 0.1) is 18.6 Å². The van der Waals surface area contributed by atoms with E-state index < -0.39 is 11.5 Å². The second-order valence-corrected chi connectivity index (χ2v) is 4.66. The summed E-state index contributed by atoms with van der Waals surface area (Å²) in [6, 6.07) is 0.406. The lowest BCUT2D eigenvalue weighted by molar-refractivity contribution is -0.153. The molecule has 1 aliphatic heterocycles. The molecule has 0 spiro atoms. The lowest BCUT2D eigenvalue weighted by Crippen LogP contribution is -2.44. The lowest BCUT2D eigenvalue weighted by Gasteiger charge is -2.29. The average Bonchev–Trinajstić information content (AvgIpc) is 2.60. The molecule has 1 fully saturated rings. The number of nitrogens with zero attached hydrogens (tertiary/aromatic N) is 1. The highest BCUT2D eigenvalue weighted by molar-refractivity contribution is 5.73. The van der Waals surface area contributed by atoms with E-state index in [0.29, 0.717) is 19.0 Å². The predicted octanol–water partition coefficient (Wildman–Crippen LogP) is 0.641. The molecule has 1 rings (SSSR count). The Kier molecular flexibility index (Phi) is 3.73. The fourth-order valence-corrected chi connectivity index (χ4v) is 2.04. The highest BCUT2D eigenvalue weighted by atomic mass is 16.5. The van der Waals surface area contributed by atoms with Crippen LogP contribution in [0.5, 0.6) is 0 Å². The Morgan fingerprint density at radius 2 is 2.07 bits per heavy atom. The van der Waals surface area contributed by atoms with Gasteiger partial charge in [0.15, 0.2) is 0 Å². The molecule has 0 aliphatic carbocycles. The van der Waals surface area contributed by atoms with Crippen LogP contribution in [0.15, 0.2) is 0 Å². The fourth-order valence-electron chi connectivity index (χ4n) is 2.04. The summed E-state index contributed by atoms with van der Waals surface area (Å²) in [6.45, 7) is 7.31. The minimum absolute atomic E-state index is 0.330. The van der Waals surface area contributed by atoms with Gasteiger partial charge in [-0.25, -0.2) is 0 Å². The maximum Gasteiger partial charge on any atom is 0.311 e. The van der Waals surface area contributed by atoms with E-state index in [1.54, 1.807) is 6.92 Å². The van der Waals surface area contributed by atoms with Crippen molar-refractivity contribution in [2.75, 3.05) is 20.2 Å². The number of rotatable bonds is 3. The molecule has 1 N–H and O–H groups in total. The van der Waals surface area contributed by atoms with E-state index in [4.69, 9.17) is 0 Å². The molecular formula is C11H21NO3. The lowest BCUT2D eigenvalue weighted by atomic mass is 9.88. The van der Waals surface area contributed by atoms with Crippen molar-refractivity contribution in [3.63, 3.8) is 0 Å². The molecule has 0 radical (unpaired) electrons. The molecule has 0 aromatic heterocycles. The molecule has 2 atom stereocenters. The predicted molar refractivity (Wildman–Crippen MR) is 57.5 cm³/mol. The van der Waals surface area contributed by atoms with Crippen molar-refractivity contribution in [2.45, 2.75) is 38.8 Å². The van der Waals surface area contributed by atoms with Crippen LogP contribution in [0.1, 0.15) is 27.2 Å². The molecule has 2 unspecified atom stereocenters. The molecule has 4 nitrogen and oxygen atoms in total. The number of methoxy groups -OCH3 is 1. The average molecular weight is 215 g/mol. The van der Waals surface area contributed by atoms with Crippen molar-refractivity contribution >= 4 is 5.97 Å². The molecule has 1 saturated heterocycles. The molecule has 4 heteroatoms. The summed E-state index contributed by atoms with van der Waals surface area (Å²) in [7, 11) is 1.36. The second kappa shape index (κ2) is 4.49. The molecule has 1 aliphatic rings. The normalized spacial score (nSPS) is 29.5. The molecule has 0 amide bonds. The second-order valence-electron chi connectivity index (χ2n) is 4.66. The first-order valence-corrected chi connectivity index (χ1v) is 5.45. The van der Waals surface area contributed by atoms with Gasteiger partial charge < -0.3 is 9.84 Å². The van der Waals surface area contributed by atoms with Crippen LogP contribution in [0, 0.1) is 5.92 Å². The molecule has 15 heavy (non-hydrogen) atoms. The van der Waals surface area contributed by atoms with Crippen molar-refractivity contribution in [2.24, 2.45) is 5.92 Å². The Balaban J connectivity index is 2.66. The standard InChI is InChI=1S/C11H21NO3/c1-8(2)12-6-5-11(14,7-12)9(3)10(13)15-4/h8-9,14H,5-7H2,1-4H3. The van der Waals surface area contributed by atoms with Gasteiger partial charge in [0.25, 0.3) is 0 Å². The van der Waals surface area contributed by atoms with Crippen LogP contribution in [0.3, 0.4) is 0 Å². The molecule has 0 bridgehead atoms. The molecule has 0 aromatic rings. The number of hydrogen-bond donors (Lipinski definition) is 1. The highest BCUT2D eigenvalue weighted by Crippen LogP contribution is 2.30. The summed E-state index contributed by atoms with van der Waals surface area (Å²) >= 11 is 0. The van der Waals surface area contributed by atoms with Crippen LogP contribution in [0.2, 0.25) is 0 Å². The summed E-state index contributed by atoms with van der Waals surface area (Å²) in [5, 5.41) is 10.3. The van der Waals surface area contributed by atoms with Crippen molar-refractivity contribution in [1.29, 1.82) is 0 Å². The zero-order valence-corrected chi connectivity index (χ0v) is 9.99. The highest BCUT2D eigenvalue weighted by Gasteiger charge is 2.44. The Labute approximate surface area is 91.2 Å². The van der Waals surface area contributed by atoms with E-state index >= 15 is 0 Å². The van der Waals surface area contributed by atoms with Gasteiger partial charge in [-0.1, -0.05) is 0 Å². The van der Waals surface area contributed by atoms with Crippen LogP contribution in [0.25, 0.3) is 0 Å². The summed E-state index contributed by atoms with van der Waals surface area (Å²) < 4.78 is 4.67. The molecule has 0 aromatic carbocycles. The van der Waals surface area contributed by atoms with E-state index in [-0.39, 0.29) is 5.97 Å². The van der Waals surface area contributed by atoms with E-state index in [0.717, 1.165) is 6.54 Å². The Bertz CT molecular complexity index is 242. The van der Waals surface area contributed by atoms with E-state index in [9.17, 15) is 9.90 Å². The number of esters is 1. The van der Waals surface area contributed by atoms with Crippen LogP contribution < -0.4 is 0 Å². The summed E-state index contributed by atoms with van der Waals surface area (Å²) in [5.74, 6) is -0.783. The van der Waals surface area contributed by atoms with Gasteiger partial charge in [0.2, 0.25) is 0 Å². The third kappa shape index (κ3) is 2.49. The smallest absolute Gasteiger partial charge is 0.311 e. The van der Waals surface area contributed by atoms with E-state index in [1.165, 1.54) is 7.11 Å². The van der Waals surface area contributed by atoms with Gasteiger partial charge >= 0.3 is 5.97 Å². The Morgan fingerprint density at radius 3 is 2.47 bits per heavy atom. The number of hydrogen-bond acceptors (Lipinski definition) is 4. The monoisotopic (exact) mass is 215 g/mol. The van der Waals surface area contributed by atoms with E-state index in [1.807, 2.05) is 0 Å². The number of carbonyl (C=O) groups excluding carboxylic acids is 1. The molecule has 1 heterocycles. The number of ether oxygens (including phenoxy) is 1. The largest absolute Gasteiger partial charge is 0.469 e. The van der Waals surface area contributed by atoms with E-state index in [2.05, 4.69) is 23.5 Å². The summed E-state index contributed by atoms with van der Waals surface area (Å²) in [4.78, 5) is 13.6. The third-order valence-corrected chi connectivity index (χ3v) is 3.40. The van der Waals surface area contributed by atoms with Gasteiger partial charge in [-0.05, 0) is 27.2 Å². The maximum absolute atomic E-state index is 11.4. The van der Waals surface area contributed by atoms with Crippen molar-refractivity contribution in [3.05, 3.63) is 0 Å². The van der Waals surface area contributed by atoms with Gasteiger partial charge in [0, 0.05) is 19.1 Å². The number of aliphatic hydroxyl groups is 1. The summed E-state index contributed by atoms with van der Waals surface area (Å²) in [5.41, 5.74) is -0.919. The molecule has 0 saturated carbocycles. The number of likely N-dealkylation sites (tertiary alicyclic amines) is 1. The minimum Gasteiger partial charge on any atom is -0.469 e. The van der Waals surface area contributed by atoms with Crippen molar-refractivity contribution in [3.8, 4) is 0 Å². The van der Waals surface area contributed by atoms with Crippen LogP contribution >= 0.6 is 0 Å². The topological polar surface area (TPSA) is 49.8 Å². The van der Waals surface area contributed by atoms with Gasteiger partial charge in [-0.2, -0.15) is 0 Å². The molecule has 88 valence electrons. The first-order valence-electron chi connectivity index (χ1n) is 5.45. The molecular weight excluding hydrogens is 194 g/mol. The SMILES string of the molecule is COC(=O)C(C)C1(O)CCN(C(C)C)C1. The van der Waals surface area contributed by atoms with Gasteiger partial charge in [-0.15, -0.1) is 0 Å². The van der Waals surface area contributed by atoms with Crippen molar-refractivity contribution < 1.29 is 14.6 Å². The quantitative estimate of drug-likeness (QED) is 0.702. The zero-order valence-electron chi connectivity index (χ0n) is 9.99. The maximum atomic E-state index is 11.4. The number of carbonyl (C=O) groups is 1. The fraction of sp³-hybridized carbons (Fsp3) is 0.909. The van der Waals surface area contributed by atoms with Crippen LogP contribution in [-0.2, 0) is 9.53 Å². The first kappa shape index (κ1) is 12.5. The first-order chi connectivity index (χ1) is 6.90. The Morgan fingerprint density at radius 1 is 1.47 bits per heavy atom. The Hall–Kier alpha value is -0.610. The number of β-amino-alcohol motifs (C(OH)–C–C–N with tert-alkyl or cyclic N) is 1. The van der Waals surface area contributed by atoms with Crippen LogP contribution in [-0.4, -0.2) is 47.8 Å². The van der Waals surface area contributed by atoms with Gasteiger partial charge in [-0.3, -0.25) is 9.69 Å². The summed E-state index contributed by atoms with van der Waals surface area (Å²) in [6.07, 6.45) is 0.640. The third-order valence-electron chi connectivity index (χ3n) is 3.40. The minimum atomic E-state index is -0.919. The zero-order chi connectivity index (χ0) is 11.6. The van der Waals surface area contributed by atoms with Gasteiger partial charge in [0.1, 0.15) is 0 Å². The van der Waals surface area contributed by atoms with Crippen molar-refractivity contribution in [1.82, 2.24) is 4.90 Å².